The second-order valence-corrected chi connectivity index (χ2v) is 8.38. The first-order valence-corrected chi connectivity index (χ1v) is 11.0. The van der Waals surface area contributed by atoms with E-state index in [4.69, 9.17) is 32.4 Å². The van der Waals surface area contributed by atoms with Crippen LogP contribution in [0.2, 0.25) is 10.0 Å². The molecule has 34 heavy (non-hydrogen) atoms. The SMILES string of the molecule is COc1ccc2c(c1)c(C(=O)c1nnc(-c3ccnnc3)o1)c(C)n2Cc1ccc(Cl)cc1Cl. The maximum absolute atomic E-state index is 13.6. The third kappa shape index (κ3) is 3.91. The van der Waals surface area contributed by atoms with E-state index in [1.54, 1.807) is 25.3 Å². The molecule has 170 valence electrons. The van der Waals surface area contributed by atoms with E-state index in [1.807, 2.05) is 35.8 Å². The fourth-order valence-corrected chi connectivity index (χ4v) is 4.32. The quantitative estimate of drug-likeness (QED) is 0.292. The van der Waals surface area contributed by atoms with Gasteiger partial charge in [0.1, 0.15) is 5.75 Å². The van der Waals surface area contributed by atoms with Gasteiger partial charge in [-0.25, -0.2) is 0 Å². The molecule has 0 N–H and O–H groups in total. The summed E-state index contributed by atoms with van der Waals surface area (Å²) in [5.74, 6) is 0.293. The second kappa shape index (κ2) is 8.89. The molecule has 0 saturated heterocycles. The highest BCUT2D eigenvalue weighted by Gasteiger charge is 2.26. The largest absolute Gasteiger partial charge is 0.497 e. The maximum Gasteiger partial charge on any atom is 0.289 e. The Hall–Kier alpha value is -3.75. The minimum absolute atomic E-state index is 0.124. The number of hydrogen-bond donors (Lipinski definition) is 0. The average Bonchev–Trinajstić information content (AvgIpc) is 3.44. The monoisotopic (exact) mass is 493 g/mol. The molecule has 0 saturated carbocycles. The Bertz CT molecular complexity index is 1530. The van der Waals surface area contributed by atoms with Gasteiger partial charge in [-0.3, -0.25) is 4.79 Å². The molecular weight excluding hydrogens is 477 g/mol. The topological polar surface area (TPSA) is 95.9 Å². The molecule has 0 bridgehead atoms. The molecule has 3 heterocycles. The number of carbonyl (C=O) groups excluding carboxylic acids is 1. The summed E-state index contributed by atoms with van der Waals surface area (Å²) in [6.45, 7) is 2.31. The van der Waals surface area contributed by atoms with Crippen LogP contribution < -0.4 is 4.74 Å². The van der Waals surface area contributed by atoms with Gasteiger partial charge in [0.15, 0.2) is 0 Å². The van der Waals surface area contributed by atoms with Crippen LogP contribution in [0.1, 0.15) is 27.5 Å². The molecule has 5 rings (SSSR count). The van der Waals surface area contributed by atoms with Gasteiger partial charge in [0.25, 0.3) is 11.7 Å². The molecule has 0 aliphatic rings. The summed E-state index contributed by atoms with van der Waals surface area (Å²) >= 11 is 12.5. The molecule has 0 amide bonds. The van der Waals surface area contributed by atoms with Crippen molar-refractivity contribution in [3.63, 3.8) is 0 Å². The fourth-order valence-electron chi connectivity index (χ4n) is 3.85. The highest BCUT2D eigenvalue weighted by Crippen LogP contribution is 2.33. The van der Waals surface area contributed by atoms with Crippen LogP contribution in [0.25, 0.3) is 22.4 Å². The van der Waals surface area contributed by atoms with E-state index in [-0.39, 0.29) is 11.8 Å². The number of aromatic nitrogens is 5. The molecule has 2 aromatic carbocycles. The molecule has 0 spiro atoms. The number of fused-ring (bicyclic) bond motifs is 1. The number of benzene rings is 2. The maximum atomic E-state index is 13.6. The first-order chi connectivity index (χ1) is 16.5. The van der Waals surface area contributed by atoms with Crippen LogP contribution in [-0.2, 0) is 6.54 Å². The summed E-state index contributed by atoms with van der Waals surface area (Å²) in [6, 6.07) is 12.6. The van der Waals surface area contributed by atoms with E-state index in [0.29, 0.717) is 38.9 Å². The van der Waals surface area contributed by atoms with E-state index in [1.165, 1.54) is 12.4 Å². The number of ketones is 1. The third-order valence-corrected chi connectivity index (χ3v) is 6.14. The van der Waals surface area contributed by atoms with Gasteiger partial charge in [0.05, 0.1) is 30.6 Å². The zero-order valence-corrected chi connectivity index (χ0v) is 19.6. The van der Waals surface area contributed by atoms with Crippen molar-refractivity contribution in [3.8, 4) is 17.2 Å². The van der Waals surface area contributed by atoms with E-state index in [9.17, 15) is 4.79 Å². The fraction of sp³-hybridized carbons (Fsp3) is 0.125. The highest BCUT2D eigenvalue weighted by atomic mass is 35.5. The Kier molecular flexibility index (Phi) is 5.77. The van der Waals surface area contributed by atoms with Gasteiger partial charge in [-0.05, 0) is 48.9 Å². The molecule has 10 heteroatoms. The van der Waals surface area contributed by atoms with Crippen LogP contribution in [0.3, 0.4) is 0 Å². The molecule has 0 radical (unpaired) electrons. The third-order valence-electron chi connectivity index (χ3n) is 5.55. The molecule has 0 atom stereocenters. The van der Waals surface area contributed by atoms with Crippen molar-refractivity contribution in [3.05, 3.63) is 87.6 Å². The van der Waals surface area contributed by atoms with Crippen LogP contribution in [0.5, 0.6) is 5.75 Å². The summed E-state index contributed by atoms with van der Waals surface area (Å²) in [6.07, 6.45) is 2.99. The molecular formula is C24H17Cl2N5O3. The Balaban J connectivity index is 1.62. The van der Waals surface area contributed by atoms with Crippen molar-refractivity contribution >= 4 is 39.9 Å². The van der Waals surface area contributed by atoms with Crippen molar-refractivity contribution in [2.24, 2.45) is 0 Å². The second-order valence-electron chi connectivity index (χ2n) is 7.54. The van der Waals surface area contributed by atoms with Crippen LogP contribution in [-0.4, -0.2) is 37.9 Å². The molecule has 8 nitrogen and oxygen atoms in total. The summed E-state index contributed by atoms with van der Waals surface area (Å²) in [4.78, 5) is 13.6. The Morgan fingerprint density at radius 1 is 1.09 bits per heavy atom. The standard InChI is InChI=1S/C24H17Cl2N5O3/c1-13-21(22(32)24-30-29-23(34-24)14-7-8-27-28-11-14)18-10-17(33-2)5-6-20(18)31(13)12-15-3-4-16(25)9-19(15)26/h3-11H,12H2,1-2H3. The molecule has 5 aromatic rings. The number of nitrogens with zero attached hydrogens (tertiary/aromatic N) is 5. The van der Waals surface area contributed by atoms with Gasteiger partial charge in [-0.2, -0.15) is 10.2 Å². The van der Waals surface area contributed by atoms with Gasteiger partial charge in [-0.1, -0.05) is 29.3 Å². The van der Waals surface area contributed by atoms with Gasteiger partial charge in [0, 0.05) is 33.2 Å². The lowest BCUT2D eigenvalue weighted by Gasteiger charge is -2.11. The first-order valence-electron chi connectivity index (χ1n) is 10.2. The van der Waals surface area contributed by atoms with Crippen molar-refractivity contribution in [1.29, 1.82) is 0 Å². The Morgan fingerprint density at radius 2 is 1.94 bits per heavy atom. The highest BCUT2D eigenvalue weighted by molar-refractivity contribution is 6.35. The average molecular weight is 494 g/mol. The van der Waals surface area contributed by atoms with Crippen LogP contribution in [0.4, 0.5) is 0 Å². The van der Waals surface area contributed by atoms with E-state index in [2.05, 4.69) is 20.4 Å². The number of halogens is 2. The predicted octanol–water partition coefficient (Wildman–Crippen LogP) is 5.38. The summed E-state index contributed by atoms with van der Waals surface area (Å²) in [7, 11) is 1.58. The molecule has 0 aliphatic heterocycles. The van der Waals surface area contributed by atoms with E-state index >= 15 is 0 Å². The van der Waals surface area contributed by atoms with Crippen molar-refractivity contribution in [2.45, 2.75) is 13.5 Å². The summed E-state index contributed by atoms with van der Waals surface area (Å²) in [5.41, 5.74) is 3.45. The van der Waals surface area contributed by atoms with Crippen molar-refractivity contribution in [2.75, 3.05) is 7.11 Å². The minimum atomic E-state index is -0.391. The van der Waals surface area contributed by atoms with Gasteiger partial charge in [0.2, 0.25) is 5.89 Å². The molecule has 0 unspecified atom stereocenters. The number of methoxy groups -OCH3 is 1. The summed E-state index contributed by atoms with van der Waals surface area (Å²) in [5, 5.41) is 17.3. The van der Waals surface area contributed by atoms with Gasteiger partial charge in [-0.15, -0.1) is 10.2 Å². The van der Waals surface area contributed by atoms with Gasteiger partial charge >= 0.3 is 0 Å². The molecule has 0 fully saturated rings. The van der Waals surface area contributed by atoms with E-state index < -0.39 is 5.78 Å². The van der Waals surface area contributed by atoms with Gasteiger partial charge < -0.3 is 13.7 Å². The zero-order chi connectivity index (χ0) is 23.8. The summed E-state index contributed by atoms with van der Waals surface area (Å²) < 4.78 is 13.1. The lowest BCUT2D eigenvalue weighted by molar-refractivity contribution is 0.100. The van der Waals surface area contributed by atoms with Crippen molar-refractivity contribution in [1.82, 2.24) is 25.0 Å². The smallest absolute Gasteiger partial charge is 0.289 e. The number of carbonyl (C=O) groups is 1. The minimum Gasteiger partial charge on any atom is -0.497 e. The molecule has 0 aliphatic carbocycles. The number of hydrogen-bond acceptors (Lipinski definition) is 7. The van der Waals surface area contributed by atoms with Crippen molar-refractivity contribution < 1.29 is 13.9 Å². The van der Waals surface area contributed by atoms with Crippen LogP contribution >= 0.6 is 23.2 Å². The zero-order valence-electron chi connectivity index (χ0n) is 18.1. The number of ether oxygens (including phenoxy) is 1. The normalized spacial score (nSPS) is 11.2. The van der Waals surface area contributed by atoms with Crippen LogP contribution in [0, 0.1) is 6.92 Å². The first kappa shape index (κ1) is 22.1. The lowest BCUT2D eigenvalue weighted by Crippen LogP contribution is -2.07. The Morgan fingerprint density at radius 3 is 2.68 bits per heavy atom. The Labute approximate surface area is 204 Å². The van der Waals surface area contributed by atoms with E-state index in [0.717, 1.165) is 16.8 Å². The van der Waals surface area contributed by atoms with Crippen LogP contribution in [0.15, 0.2) is 59.3 Å². The lowest BCUT2D eigenvalue weighted by atomic mass is 10.1. The molecule has 3 aromatic heterocycles. The number of rotatable bonds is 6. The predicted molar refractivity (Wildman–Crippen MR) is 128 cm³/mol.